The molecule has 2 aromatic rings. The van der Waals surface area contributed by atoms with Gasteiger partial charge < -0.3 is 5.32 Å². The molecule has 0 aliphatic heterocycles. The third kappa shape index (κ3) is 3.84. The molecule has 0 amide bonds. The summed E-state index contributed by atoms with van der Waals surface area (Å²) < 4.78 is 26.1. The van der Waals surface area contributed by atoms with Crippen molar-refractivity contribution in [2.75, 3.05) is 12.4 Å². The van der Waals surface area contributed by atoms with Crippen LogP contribution >= 0.6 is 11.3 Å². The van der Waals surface area contributed by atoms with Gasteiger partial charge in [-0.05, 0) is 42.6 Å². The van der Waals surface area contributed by atoms with Crippen molar-refractivity contribution in [1.29, 1.82) is 0 Å². The Kier molecular flexibility index (Phi) is 5.03. The largest absolute Gasteiger partial charge is 0.377 e. The summed E-state index contributed by atoms with van der Waals surface area (Å²) >= 11 is 1.70. The molecular weight excluding hydrogens is 304 g/mol. The Morgan fingerprint density at radius 3 is 2.48 bits per heavy atom. The highest BCUT2D eigenvalue weighted by Gasteiger charge is 2.18. The second-order valence-corrected chi connectivity index (χ2v) is 7.98. The highest BCUT2D eigenvalue weighted by Crippen LogP contribution is 2.30. The predicted molar refractivity (Wildman–Crippen MR) is 88.2 cm³/mol. The van der Waals surface area contributed by atoms with Gasteiger partial charge in [0.25, 0.3) is 0 Å². The van der Waals surface area contributed by atoms with Gasteiger partial charge >= 0.3 is 0 Å². The molecule has 6 heteroatoms. The molecule has 0 saturated heterocycles. The first-order valence-electron chi connectivity index (χ1n) is 6.77. The summed E-state index contributed by atoms with van der Waals surface area (Å²) in [4.78, 5) is 1.51. The van der Waals surface area contributed by atoms with Gasteiger partial charge in [0.05, 0.1) is 10.9 Å². The van der Waals surface area contributed by atoms with Crippen LogP contribution < -0.4 is 10.0 Å². The van der Waals surface area contributed by atoms with E-state index < -0.39 is 10.0 Å². The van der Waals surface area contributed by atoms with E-state index in [-0.39, 0.29) is 10.9 Å². The molecule has 1 aromatic carbocycles. The van der Waals surface area contributed by atoms with Gasteiger partial charge in [-0.3, -0.25) is 0 Å². The Morgan fingerprint density at radius 1 is 1.14 bits per heavy atom. The number of sulfonamides is 1. The smallest absolute Gasteiger partial charge is 0.240 e. The van der Waals surface area contributed by atoms with Crippen LogP contribution in [0.1, 0.15) is 24.8 Å². The van der Waals surface area contributed by atoms with Crippen molar-refractivity contribution in [3.63, 3.8) is 0 Å². The molecule has 0 fully saturated rings. The van der Waals surface area contributed by atoms with Gasteiger partial charge in [0.2, 0.25) is 10.0 Å². The summed E-state index contributed by atoms with van der Waals surface area (Å²) in [6, 6.07) is 11.2. The van der Waals surface area contributed by atoms with Crippen LogP contribution in [0.4, 0.5) is 5.69 Å². The second kappa shape index (κ2) is 6.60. The Labute approximate surface area is 130 Å². The molecule has 114 valence electrons. The summed E-state index contributed by atoms with van der Waals surface area (Å²) in [6.07, 6.45) is 0. The number of benzene rings is 1. The number of thiophene rings is 1. The monoisotopic (exact) mass is 324 g/mol. The summed E-state index contributed by atoms with van der Waals surface area (Å²) in [5, 5.41) is 5.49. The molecular formula is C15H20N2O2S2. The van der Waals surface area contributed by atoms with Crippen molar-refractivity contribution in [2.24, 2.45) is 5.92 Å². The normalized spacial score (nSPS) is 13.3. The van der Waals surface area contributed by atoms with E-state index in [9.17, 15) is 8.42 Å². The lowest BCUT2D eigenvalue weighted by atomic mass is 10.0. The van der Waals surface area contributed by atoms with Crippen LogP contribution in [0, 0.1) is 5.92 Å². The minimum absolute atomic E-state index is 0.164. The molecule has 0 aliphatic rings. The summed E-state index contributed by atoms with van der Waals surface area (Å²) in [6.45, 7) is 4.29. The number of anilines is 1. The van der Waals surface area contributed by atoms with E-state index >= 15 is 0 Å². The third-order valence-electron chi connectivity index (χ3n) is 3.25. The summed E-state index contributed by atoms with van der Waals surface area (Å²) in [5.41, 5.74) is 0.804. The van der Waals surface area contributed by atoms with Crippen molar-refractivity contribution in [3.05, 3.63) is 46.7 Å². The number of hydrogen-bond acceptors (Lipinski definition) is 4. The first-order chi connectivity index (χ1) is 9.94. The SMILES string of the molecule is CNS(=O)(=O)c1cccc(NC(c2cccs2)C(C)C)c1. The molecule has 0 bridgehead atoms. The van der Waals surface area contributed by atoms with Crippen LogP contribution in [0.5, 0.6) is 0 Å². The number of hydrogen-bond donors (Lipinski definition) is 2. The van der Waals surface area contributed by atoms with E-state index in [0.717, 1.165) is 5.69 Å². The summed E-state index contributed by atoms with van der Waals surface area (Å²) in [7, 11) is -2.00. The van der Waals surface area contributed by atoms with Crippen LogP contribution in [-0.2, 0) is 10.0 Å². The van der Waals surface area contributed by atoms with E-state index in [2.05, 4.69) is 30.0 Å². The van der Waals surface area contributed by atoms with E-state index in [0.29, 0.717) is 5.92 Å². The van der Waals surface area contributed by atoms with E-state index in [4.69, 9.17) is 0 Å². The average Bonchev–Trinajstić information content (AvgIpc) is 2.98. The van der Waals surface area contributed by atoms with E-state index in [1.54, 1.807) is 29.5 Å². The lowest BCUT2D eigenvalue weighted by Crippen LogP contribution is -2.19. The predicted octanol–water partition coefficient (Wildman–Crippen LogP) is 3.47. The Morgan fingerprint density at radius 2 is 1.90 bits per heavy atom. The van der Waals surface area contributed by atoms with Crippen molar-refractivity contribution in [3.8, 4) is 0 Å². The third-order valence-corrected chi connectivity index (χ3v) is 5.62. The van der Waals surface area contributed by atoms with Gasteiger partial charge in [0.1, 0.15) is 0 Å². The minimum Gasteiger partial charge on any atom is -0.377 e. The zero-order valence-electron chi connectivity index (χ0n) is 12.3. The zero-order valence-corrected chi connectivity index (χ0v) is 14.0. The molecule has 1 aromatic heterocycles. The molecule has 0 saturated carbocycles. The quantitative estimate of drug-likeness (QED) is 0.855. The maximum atomic E-state index is 11.9. The fourth-order valence-electron chi connectivity index (χ4n) is 2.09. The lowest BCUT2D eigenvalue weighted by Gasteiger charge is -2.22. The molecule has 0 radical (unpaired) electrons. The Bertz CT molecular complexity index is 679. The van der Waals surface area contributed by atoms with E-state index in [1.807, 2.05) is 17.5 Å². The number of nitrogens with one attached hydrogen (secondary N) is 2. The summed E-state index contributed by atoms with van der Waals surface area (Å²) in [5.74, 6) is 0.396. The van der Waals surface area contributed by atoms with Crippen LogP contribution in [-0.4, -0.2) is 15.5 Å². The standard InChI is InChI=1S/C15H20N2O2S2/c1-11(2)15(14-8-5-9-20-14)17-12-6-4-7-13(10-12)21(18,19)16-3/h4-11,15-17H,1-3H3. The second-order valence-electron chi connectivity index (χ2n) is 5.12. The van der Waals surface area contributed by atoms with Crippen molar-refractivity contribution >= 4 is 27.0 Å². The highest BCUT2D eigenvalue weighted by atomic mass is 32.2. The van der Waals surface area contributed by atoms with Gasteiger partial charge in [0.15, 0.2) is 0 Å². The molecule has 2 N–H and O–H groups in total. The van der Waals surface area contributed by atoms with Crippen molar-refractivity contribution in [2.45, 2.75) is 24.8 Å². The van der Waals surface area contributed by atoms with Crippen molar-refractivity contribution in [1.82, 2.24) is 4.72 Å². The molecule has 1 atom stereocenters. The van der Waals surface area contributed by atoms with Crippen LogP contribution in [0.2, 0.25) is 0 Å². The van der Waals surface area contributed by atoms with Crippen LogP contribution in [0.3, 0.4) is 0 Å². The minimum atomic E-state index is -3.42. The molecule has 0 spiro atoms. The molecule has 21 heavy (non-hydrogen) atoms. The topological polar surface area (TPSA) is 58.2 Å². The van der Waals surface area contributed by atoms with Crippen LogP contribution in [0.15, 0.2) is 46.7 Å². The first kappa shape index (κ1) is 16.0. The van der Waals surface area contributed by atoms with Gasteiger partial charge in [0, 0.05) is 10.6 Å². The molecule has 4 nitrogen and oxygen atoms in total. The maximum absolute atomic E-state index is 11.9. The molecule has 1 unspecified atom stereocenters. The first-order valence-corrected chi connectivity index (χ1v) is 9.14. The fraction of sp³-hybridized carbons (Fsp3) is 0.333. The van der Waals surface area contributed by atoms with Gasteiger partial charge in [-0.25, -0.2) is 13.1 Å². The highest BCUT2D eigenvalue weighted by molar-refractivity contribution is 7.89. The average molecular weight is 324 g/mol. The molecule has 1 heterocycles. The zero-order chi connectivity index (χ0) is 15.5. The van der Waals surface area contributed by atoms with E-state index in [1.165, 1.54) is 11.9 Å². The number of rotatable bonds is 6. The van der Waals surface area contributed by atoms with Crippen LogP contribution in [0.25, 0.3) is 0 Å². The maximum Gasteiger partial charge on any atom is 0.240 e. The van der Waals surface area contributed by atoms with Crippen molar-refractivity contribution < 1.29 is 8.42 Å². The molecule has 2 rings (SSSR count). The Balaban J connectivity index is 2.28. The molecule has 0 aliphatic carbocycles. The van der Waals surface area contributed by atoms with Gasteiger partial charge in [-0.15, -0.1) is 11.3 Å². The Hall–Kier alpha value is -1.37. The lowest BCUT2D eigenvalue weighted by molar-refractivity contribution is 0.553. The fourth-order valence-corrected chi connectivity index (χ4v) is 3.81. The van der Waals surface area contributed by atoms with Gasteiger partial charge in [-0.1, -0.05) is 26.0 Å². The van der Waals surface area contributed by atoms with Gasteiger partial charge in [-0.2, -0.15) is 0 Å².